The van der Waals surface area contributed by atoms with Gasteiger partial charge >= 0.3 is 0 Å². The molecular weight excluding hydrogens is 236 g/mol. The zero-order chi connectivity index (χ0) is 13.9. The topological polar surface area (TPSA) is 55.1 Å². The maximum atomic E-state index is 12.0. The van der Waals surface area contributed by atoms with Crippen molar-refractivity contribution in [2.24, 2.45) is 11.7 Å². The zero-order valence-electron chi connectivity index (χ0n) is 11.9. The van der Waals surface area contributed by atoms with Crippen molar-refractivity contribution in [3.63, 3.8) is 0 Å². The molecule has 3 nitrogen and oxygen atoms in total. The van der Waals surface area contributed by atoms with Crippen LogP contribution in [-0.2, 0) is 4.79 Å². The number of amides is 1. The average Bonchev–Trinajstić information content (AvgIpc) is 2.42. The summed E-state index contributed by atoms with van der Waals surface area (Å²) in [6, 6.07) is 10.3. The second-order valence-corrected chi connectivity index (χ2v) is 5.76. The summed E-state index contributed by atoms with van der Waals surface area (Å²) in [6.45, 7) is 4.23. The molecule has 1 aromatic carbocycles. The number of nitrogens with one attached hydrogen (secondary N) is 1. The first kappa shape index (κ1) is 14.1. The number of carbonyl (C=O) groups is 1. The van der Waals surface area contributed by atoms with Crippen LogP contribution in [0, 0.1) is 5.92 Å². The SMILES string of the molecule is C[C@H](N[C@]1(C(N)=O)CCCC[C@H]1C)c1ccccc1. The van der Waals surface area contributed by atoms with Crippen LogP contribution in [0.25, 0.3) is 0 Å². The van der Waals surface area contributed by atoms with Crippen LogP contribution in [0.4, 0.5) is 0 Å². The lowest BCUT2D eigenvalue weighted by Gasteiger charge is -2.42. The Morgan fingerprint density at radius 2 is 2.05 bits per heavy atom. The van der Waals surface area contributed by atoms with Crippen LogP contribution in [-0.4, -0.2) is 11.4 Å². The van der Waals surface area contributed by atoms with Crippen LogP contribution < -0.4 is 11.1 Å². The summed E-state index contributed by atoms with van der Waals surface area (Å²) in [5.41, 5.74) is 6.36. The summed E-state index contributed by atoms with van der Waals surface area (Å²) in [5, 5.41) is 3.52. The molecule has 0 radical (unpaired) electrons. The molecule has 3 heteroatoms. The quantitative estimate of drug-likeness (QED) is 0.874. The molecular formula is C16H24N2O. The monoisotopic (exact) mass is 260 g/mol. The number of hydrogen-bond donors (Lipinski definition) is 2. The first-order valence-corrected chi connectivity index (χ1v) is 7.19. The largest absolute Gasteiger partial charge is 0.368 e. The van der Waals surface area contributed by atoms with Crippen molar-refractivity contribution < 1.29 is 4.79 Å². The van der Waals surface area contributed by atoms with Crippen LogP contribution in [0.5, 0.6) is 0 Å². The first-order chi connectivity index (χ1) is 9.06. The molecule has 2 rings (SSSR count). The molecule has 0 aliphatic heterocycles. The lowest BCUT2D eigenvalue weighted by atomic mass is 9.72. The molecule has 104 valence electrons. The standard InChI is InChI=1S/C16H24N2O/c1-12-8-6-7-11-16(12,15(17)19)18-13(2)14-9-4-3-5-10-14/h3-5,9-10,12-13,18H,6-8,11H2,1-2H3,(H2,17,19)/t12-,13+,16-/m1/s1. The molecule has 1 fully saturated rings. The van der Waals surface area contributed by atoms with Gasteiger partial charge in [-0.05, 0) is 31.2 Å². The van der Waals surface area contributed by atoms with Crippen LogP contribution in [0.3, 0.4) is 0 Å². The number of primary amides is 1. The van der Waals surface area contributed by atoms with Gasteiger partial charge in [-0.25, -0.2) is 0 Å². The van der Waals surface area contributed by atoms with E-state index in [1.165, 1.54) is 12.0 Å². The highest BCUT2D eigenvalue weighted by Gasteiger charge is 2.44. The van der Waals surface area contributed by atoms with Gasteiger partial charge in [-0.2, -0.15) is 0 Å². The predicted octanol–water partition coefficient (Wildman–Crippen LogP) is 2.77. The summed E-state index contributed by atoms with van der Waals surface area (Å²) in [7, 11) is 0. The summed E-state index contributed by atoms with van der Waals surface area (Å²) in [6.07, 6.45) is 4.18. The number of benzene rings is 1. The highest BCUT2D eigenvalue weighted by molar-refractivity contribution is 5.85. The molecule has 1 aromatic rings. The Balaban J connectivity index is 2.19. The van der Waals surface area contributed by atoms with E-state index in [2.05, 4.69) is 31.3 Å². The Kier molecular flexibility index (Phi) is 4.25. The molecule has 0 aromatic heterocycles. The summed E-state index contributed by atoms with van der Waals surface area (Å²) >= 11 is 0. The second-order valence-electron chi connectivity index (χ2n) is 5.76. The molecule has 0 spiro atoms. The summed E-state index contributed by atoms with van der Waals surface area (Å²) in [4.78, 5) is 12.0. The van der Waals surface area contributed by atoms with E-state index in [1.54, 1.807) is 0 Å². The molecule has 3 N–H and O–H groups in total. The van der Waals surface area contributed by atoms with Crippen LogP contribution in [0.2, 0.25) is 0 Å². The smallest absolute Gasteiger partial charge is 0.238 e. The highest BCUT2D eigenvalue weighted by atomic mass is 16.1. The number of nitrogens with two attached hydrogens (primary N) is 1. The maximum absolute atomic E-state index is 12.0. The van der Waals surface area contributed by atoms with Crippen molar-refractivity contribution in [2.45, 2.75) is 51.1 Å². The van der Waals surface area contributed by atoms with Gasteiger partial charge in [-0.3, -0.25) is 10.1 Å². The molecule has 0 unspecified atom stereocenters. The zero-order valence-corrected chi connectivity index (χ0v) is 11.9. The van der Waals surface area contributed by atoms with E-state index >= 15 is 0 Å². The molecule has 0 heterocycles. The minimum absolute atomic E-state index is 0.134. The fourth-order valence-corrected chi connectivity index (χ4v) is 3.21. The number of rotatable bonds is 4. The van der Waals surface area contributed by atoms with Crippen molar-refractivity contribution in [2.75, 3.05) is 0 Å². The van der Waals surface area contributed by atoms with Crippen molar-refractivity contribution in [1.82, 2.24) is 5.32 Å². The van der Waals surface area contributed by atoms with E-state index in [4.69, 9.17) is 5.73 Å². The lowest BCUT2D eigenvalue weighted by Crippen LogP contribution is -2.61. The first-order valence-electron chi connectivity index (χ1n) is 7.19. The van der Waals surface area contributed by atoms with E-state index in [0.29, 0.717) is 5.92 Å². The summed E-state index contributed by atoms with van der Waals surface area (Å²) < 4.78 is 0. The van der Waals surface area contributed by atoms with Gasteiger partial charge in [-0.1, -0.05) is 50.1 Å². The van der Waals surface area contributed by atoms with Crippen molar-refractivity contribution in [3.8, 4) is 0 Å². The molecule has 19 heavy (non-hydrogen) atoms. The Labute approximate surface area is 115 Å². The van der Waals surface area contributed by atoms with Crippen LogP contribution >= 0.6 is 0 Å². The van der Waals surface area contributed by atoms with Gasteiger partial charge in [0.1, 0.15) is 5.54 Å². The van der Waals surface area contributed by atoms with Gasteiger partial charge in [0.2, 0.25) is 5.91 Å². The molecule has 0 bridgehead atoms. The summed E-state index contributed by atoms with van der Waals surface area (Å²) in [5.74, 6) is 0.0902. The van der Waals surface area contributed by atoms with E-state index in [1.807, 2.05) is 18.2 Å². The minimum Gasteiger partial charge on any atom is -0.368 e. The third kappa shape index (κ3) is 2.81. The highest BCUT2D eigenvalue weighted by Crippen LogP contribution is 2.35. The molecule has 3 atom stereocenters. The van der Waals surface area contributed by atoms with Crippen molar-refractivity contribution >= 4 is 5.91 Å². The number of carbonyl (C=O) groups excluding carboxylic acids is 1. The van der Waals surface area contributed by atoms with Crippen LogP contribution in [0.1, 0.15) is 51.1 Å². The van der Waals surface area contributed by atoms with E-state index < -0.39 is 5.54 Å². The maximum Gasteiger partial charge on any atom is 0.238 e. The Morgan fingerprint density at radius 1 is 1.37 bits per heavy atom. The van der Waals surface area contributed by atoms with Crippen molar-refractivity contribution in [3.05, 3.63) is 35.9 Å². The lowest BCUT2D eigenvalue weighted by molar-refractivity contribution is -0.128. The van der Waals surface area contributed by atoms with Gasteiger partial charge in [0.15, 0.2) is 0 Å². The van der Waals surface area contributed by atoms with E-state index in [9.17, 15) is 4.79 Å². The van der Waals surface area contributed by atoms with E-state index in [0.717, 1.165) is 19.3 Å². The van der Waals surface area contributed by atoms with Crippen molar-refractivity contribution in [1.29, 1.82) is 0 Å². The second kappa shape index (κ2) is 5.74. The molecule has 1 aliphatic rings. The normalized spacial score (nSPS) is 28.8. The average molecular weight is 260 g/mol. The van der Waals surface area contributed by atoms with Gasteiger partial charge in [0.05, 0.1) is 0 Å². The third-order valence-electron chi connectivity index (χ3n) is 4.51. The third-order valence-corrected chi connectivity index (χ3v) is 4.51. The Morgan fingerprint density at radius 3 is 2.63 bits per heavy atom. The predicted molar refractivity (Wildman–Crippen MR) is 77.6 cm³/mol. The minimum atomic E-state index is -0.548. The molecule has 1 amide bonds. The Bertz CT molecular complexity index is 432. The molecule has 1 saturated carbocycles. The van der Waals surface area contributed by atoms with Gasteiger partial charge < -0.3 is 5.73 Å². The molecule has 0 saturated heterocycles. The van der Waals surface area contributed by atoms with Gasteiger partial charge in [-0.15, -0.1) is 0 Å². The Hall–Kier alpha value is -1.35. The fraction of sp³-hybridized carbons (Fsp3) is 0.562. The fourth-order valence-electron chi connectivity index (χ4n) is 3.21. The van der Waals surface area contributed by atoms with E-state index in [-0.39, 0.29) is 11.9 Å². The van der Waals surface area contributed by atoms with Gasteiger partial charge in [0, 0.05) is 6.04 Å². The molecule has 1 aliphatic carbocycles. The van der Waals surface area contributed by atoms with Gasteiger partial charge in [0.25, 0.3) is 0 Å². The number of hydrogen-bond acceptors (Lipinski definition) is 2. The van der Waals surface area contributed by atoms with Crippen LogP contribution in [0.15, 0.2) is 30.3 Å².